The second kappa shape index (κ2) is 8.26. The zero-order valence-corrected chi connectivity index (χ0v) is 16.9. The number of hydrogen-bond acceptors (Lipinski definition) is 3. The van der Waals surface area contributed by atoms with Gasteiger partial charge in [-0.25, -0.2) is 4.98 Å². The fourth-order valence-corrected chi connectivity index (χ4v) is 2.95. The predicted octanol–water partition coefficient (Wildman–Crippen LogP) is 5.27. The van der Waals surface area contributed by atoms with Crippen LogP contribution in [0.5, 0.6) is 0 Å². The second-order valence-electron chi connectivity index (χ2n) is 8.03. The number of nitrogens with zero attached hydrogens (tertiary/aromatic N) is 2. The minimum absolute atomic E-state index is 0.0700. The van der Waals surface area contributed by atoms with Crippen molar-refractivity contribution in [3.05, 3.63) is 89.6 Å². The molecule has 0 spiro atoms. The summed E-state index contributed by atoms with van der Waals surface area (Å²) >= 11 is 0. The van der Waals surface area contributed by atoms with E-state index in [2.05, 4.69) is 48.1 Å². The molecular formula is C24H27N3O. The number of anilines is 2. The number of carbonyl (C=O) groups is 1. The summed E-state index contributed by atoms with van der Waals surface area (Å²) in [5, 5.41) is 2.91. The summed E-state index contributed by atoms with van der Waals surface area (Å²) in [6, 6.07) is 21.8. The van der Waals surface area contributed by atoms with Crippen LogP contribution in [0.2, 0.25) is 0 Å². The van der Waals surface area contributed by atoms with Gasteiger partial charge in [0, 0.05) is 19.2 Å². The molecule has 2 aromatic carbocycles. The maximum Gasteiger partial charge on any atom is 0.255 e. The van der Waals surface area contributed by atoms with Crippen LogP contribution >= 0.6 is 0 Å². The van der Waals surface area contributed by atoms with Crippen molar-refractivity contribution < 1.29 is 4.79 Å². The van der Waals surface area contributed by atoms with Gasteiger partial charge in [-0.15, -0.1) is 0 Å². The van der Waals surface area contributed by atoms with Crippen molar-refractivity contribution >= 4 is 17.4 Å². The molecule has 0 aliphatic rings. The van der Waals surface area contributed by atoms with Gasteiger partial charge >= 0.3 is 0 Å². The van der Waals surface area contributed by atoms with Crippen LogP contribution in [0.1, 0.15) is 42.3 Å². The van der Waals surface area contributed by atoms with Gasteiger partial charge in [-0.2, -0.15) is 0 Å². The number of pyridine rings is 1. The Morgan fingerprint density at radius 3 is 2.21 bits per heavy atom. The van der Waals surface area contributed by atoms with Crippen LogP contribution in [0, 0.1) is 0 Å². The van der Waals surface area contributed by atoms with E-state index in [1.165, 1.54) is 11.1 Å². The molecule has 0 atom stereocenters. The Bertz CT molecular complexity index is 911. The fraction of sp³-hybridized carbons (Fsp3) is 0.250. The Morgan fingerprint density at radius 1 is 0.964 bits per heavy atom. The van der Waals surface area contributed by atoms with Crippen LogP contribution in [0.15, 0.2) is 72.9 Å². The second-order valence-corrected chi connectivity index (χ2v) is 8.03. The third-order valence-corrected chi connectivity index (χ3v) is 4.67. The summed E-state index contributed by atoms with van der Waals surface area (Å²) < 4.78 is 0. The Morgan fingerprint density at radius 2 is 1.64 bits per heavy atom. The number of aromatic nitrogens is 1. The van der Waals surface area contributed by atoms with Crippen molar-refractivity contribution in [2.75, 3.05) is 17.3 Å². The fourth-order valence-electron chi connectivity index (χ4n) is 2.95. The van der Waals surface area contributed by atoms with Gasteiger partial charge in [-0.1, -0.05) is 63.2 Å². The molecule has 0 radical (unpaired) electrons. The van der Waals surface area contributed by atoms with Gasteiger partial charge in [0.2, 0.25) is 0 Å². The molecule has 28 heavy (non-hydrogen) atoms. The quantitative estimate of drug-likeness (QED) is 0.663. The van der Waals surface area contributed by atoms with Crippen molar-refractivity contribution in [1.82, 2.24) is 4.98 Å². The van der Waals surface area contributed by atoms with E-state index in [-0.39, 0.29) is 11.3 Å². The van der Waals surface area contributed by atoms with Gasteiger partial charge in [0.25, 0.3) is 5.91 Å². The highest BCUT2D eigenvalue weighted by Gasteiger charge is 2.14. The monoisotopic (exact) mass is 373 g/mol. The van der Waals surface area contributed by atoms with Crippen molar-refractivity contribution in [1.29, 1.82) is 0 Å². The number of nitrogens with one attached hydrogen (secondary N) is 1. The van der Waals surface area contributed by atoms with E-state index in [9.17, 15) is 4.79 Å². The number of amides is 1. The largest absolute Gasteiger partial charge is 0.355 e. The number of benzene rings is 2. The molecule has 1 heterocycles. The average Bonchev–Trinajstić information content (AvgIpc) is 2.68. The van der Waals surface area contributed by atoms with Gasteiger partial charge in [-0.3, -0.25) is 4.79 Å². The normalized spacial score (nSPS) is 11.1. The third-order valence-electron chi connectivity index (χ3n) is 4.67. The van der Waals surface area contributed by atoms with Gasteiger partial charge in [-0.05, 0) is 40.8 Å². The number of hydrogen-bond donors (Lipinski definition) is 1. The van der Waals surface area contributed by atoms with Gasteiger partial charge in [0.05, 0.1) is 11.9 Å². The van der Waals surface area contributed by atoms with Crippen LogP contribution < -0.4 is 10.2 Å². The van der Waals surface area contributed by atoms with Crippen LogP contribution in [-0.2, 0) is 12.0 Å². The highest BCUT2D eigenvalue weighted by molar-refractivity contribution is 6.04. The SMILES string of the molecule is CN(Cc1ccccc1)c1ccc(NC(=O)c2ccc(C(C)(C)C)cc2)cn1. The molecule has 1 amide bonds. The van der Waals surface area contributed by atoms with E-state index < -0.39 is 0 Å². The lowest BCUT2D eigenvalue weighted by molar-refractivity contribution is 0.102. The van der Waals surface area contributed by atoms with Gasteiger partial charge in [0.15, 0.2) is 0 Å². The smallest absolute Gasteiger partial charge is 0.255 e. The molecule has 0 saturated carbocycles. The first-order valence-electron chi connectivity index (χ1n) is 9.46. The van der Waals surface area contributed by atoms with Crippen LogP contribution in [0.3, 0.4) is 0 Å². The van der Waals surface area contributed by atoms with Crippen molar-refractivity contribution in [3.8, 4) is 0 Å². The van der Waals surface area contributed by atoms with Crippen molar-refractivity contribution in [2.45, 2.75) is 32.7 Å². The van der Waals surface area contributed by atoms with Gasteiger partial charge in [0.1, 0.15) is 5.82 Å². The molecule has 4 heteroatoms. The highest BCUT2D eigenvalue weighted by Crippen LogP contribution is 2.22. The van der Waals surface area contributed by atoms with Crippen molar-refractivity contribution in [3.63, 3.8) is 0 Å². The molecule has 144 valence electrons. The minimum atomic E-state index is -0.132. The molecule has 0 fully saturated rings. The molecule has 4 nitrogen and oxygen atoms in total. The topological polar surface area (TPSA) is 45.2 Å². The molecular weight excluding hydrogens is 346 g/mol. The zero-order valence-electron chi connectivity index (χ0n) is 16.9. The number of carbonyl (C=O) groups excluding carboxylic acids is 1. The summed E-state index contributed by atoms with van der Waals surface area (Å²) in [6.45, 7) is 7.25. The lowest BCUT2D eigenvalue weighted by Crippen LogP contribution is -2.18. The van der Waals surface area contributed by atoms with Crippen LogP contribution in [-0.4, -0.2) is 17.9 Å². The maximum absolute atomic E-state index is 12.5. The Kier molecular flexibility index (Phi) is 5.78. The van der Waals surface area contributed by atoms with Gasteiger partial charge < -0.3 is 10.2 Å². The van der Waals surface area contributed by atoms with E-state index in [1.807, 2.05) is 61.6 Å². The highest BCUT2D eigenvalue weighted by atomic mass is 16.1. The maximum atomic E-state index is 12.5. The Labute approximate surface area is 167 Å². The summed E-state index contributed by atoms with van der Waals surface area (Å²) in [7, 11) is 2.00. The molecule has 3 rings (SSSR count). The Balaban J connectivity index is 1.63. The minimum Gasteiger partial charge on any atom is -0.355 e. The lowest BCUT2D eigenvalue weighted by atomic mass is 9.87. The molecule has 0 saturated heterocycles. The molecule has 1 aromatic heterocycles. The summed E-state index contributed by atoms with van der Waals surface area (Å²) in [6.07, 6.45) is 1.69. The lowest BCUT2D eigenvalue weighted by Gasteiger charge is -2.19. The zero-order chi connectivity index (χ0) is 20.1. The molecule has 0 unspecified atom stereocenters. The molecule has 1 N–H and O–H groups in total. The molecule has 0 aliphatic carbocycles. The number of rotatable bonds is 5. The first kappa shape index (κ1) is 19.6. The molecule has 0 aliphatic heterocycles. The first-order chi connectivity index (χ1) is 13.3. The van der Waals surface area contributed by atoms with E-state index in [0.717, 1.165) is 12.4 Å². The van der Waals surface area contributed by atoms with Crippen LogP contribution in [0.25, 0.3) is 0 Å². The van der Waals surface area contributed by atoms with E-state index in [1.54, 1.807) is 6.20 Å². The summed E-state index contributed by atoms with van der Waals surface area (Å²) in [5.74, 6) is 0.726. The predicted molar refractivity (Wildman–Crippen MR) is 116 cm³/mol. The average molecular weight is 374 g/mol. The molecule has 0 bridgehead atoms. The third kappa shape index (κ3) is 4.97. The van der Waals surface area contributed by atoms with E-state index in [0.29, 0.717) is 11.3 Å². The summed E-state index contributed by atoms with van der Waals surface area (Å²) in [5.41, 5.74) is 3.82. The first-order valence-corrected chi connectivity index (χ1v) is 9.46. The molecule has 3 aromatic rings. The van der Waals surface area contributed by atoms with Crippen LogP contribution in [0.4, 0.5) is 11.5 Å². The van der Waals surface area contributed by atoms with E-state index >= 15 is 0 Å². The standard InChI is InChI=1S/C24H27N3O/c1-24(2,3)20-12-10-19(11-13-20)23(28)26-21-14-15-22(25-16-21)27(4)17-18-8-6-5-7-9-18/h5-16H,17H2,1-4H3,(H,26,28). The van der Waals surface area contributed by atoms with E-state index in [4.69, 9.17) is 0 Å². The summed E-state index contributed by atoms with van der Waals surface area (Å²) in [4.78, 5) is 19.0. The Hall–Kier alpha value is -3.14. The van der Waals surface area contributed by atoms with Crippen molar-refractivity contribution in [2.24, 2.45) is 0 Å².